The third-order valence-electron chi connectivity index (χ3n) is 6.01. The zero-order valence-electron chi connectivity index (χ0n) is 18.9. The number of aliphatic hydroxyl groups excluding tert-OH is 1. The van der Waals surface area contributed by atoms with Crippen molar-refractivity contribution < 1.29 is 24.5 Å². The van der Waals surface area contributed by atoms with Crippen LogP contribution in [0.3, 0.4) is 0 Å². The summed E-state index contributed by atoms with van der Waals surface area (Å²) in [6, 6.07) is 16.2. The number of phenolic OH excluding ortho intramolecular Hbond substituents is 1. The van der Waals surface area contributed by atoms with Gasteiger partial charge in [-0.1, -0.05) is 29.8 Å². The van der Waals surface area contributed by atoms with Crippen molar-refractivity contribution in [2.24, 2.45) is 0 Å². The van der Waals surface area contributed by atoms with Gasteiger partial charge in [0.05, 0.1) is 24.3 Å². The average Bonchev–Trinajstić information content (AvgIpc) is 3.06. The summed E-state index contributed by atoms with van der Waals surface area (Å²) in [5, 5.41) is 21.5. The molecule has 33 heavy (non-hydrogen) atoms. The van der Waals surface area contributed by atoms with Crippen LogP contribution in [0.2, 0.25) is 0 Å². The fraction of sp³-hybridized carbons (Fsp3) is 0.185. The molecule has 0 spiro atoms. The number of aliphatic hydroxyl groups is 1. The van der Waals surface area contributed by atoms with Gasteiger partial charge in [-0.25, -0.2) is 0 Å². The number of hydrogen-bond donors (Lipinski definition) is 2. The second kappa shape index (κ2) is 8.47. The topological polar surface area (TPSA) is 87.1 Å². The SMILES string of the molecule is COc1ccc(C)cc1/C(O)=C1\C(=O)C(=O)N(c2ccc(C)c(C)c2)C1c1cccc(O)c1. The predicted octanol–water partition coefficient (Wildman–Crippen LogP) is 4.95. The first-order valence-electron chi connectivity index (χ1n) is 10.5. The third-order valence-corrected chi connectivity index (χ3v) is 6.01. The van der Waals surface area contributed by atoms with Gasteiger partial charge in [0.25, 0.3) is 11.7 Å². The van der Waals surface area contributed by atoms with E-state index in [1.807, 2.05) is 39.0 Å². The van der Waals surface area contributed by atoms with Crippen molar-refractivity contribution in [3.63, 3.8) is 0 Å². The number of benzene rings is 3. The van der Waals surface area contributed by atoms with Crippen molar-refractivity contribution in [1.82, 2.24) is 0 Å². The van der Waals surface area contributed by atoms with E-state index in [0.29, 0.717) is 22.6 Å². The van der Waals surface area contributed by atoms with E-state index >= 15 is 0 Å². The molecule has 6 nitrogen and oxygen atoms in total. The minimum Gasteiger partial charge on any atom is -0.508 e. The van der Waals surface area contributed by atoms with Gasteiger partial charge in [0.15, 0.2) is 0 Å². The smallest absolute Gasteiger partial charge is 0.300 e. The molecule has 0 saturated carbocycles. The van der Waals surface area contributed by atoms with E-state index in [1.54, 1.807) is 30.3 Å². The van der Waals surface area contributed by atoms with Crippen LogP contribution in [0, 0.1) is 20.8 Å². The van der Waals surface area contributed by atoms with Crippen LogP contribution in [0.25, 0.3) is 5.76 Å². The van der Waals surface area contributed by atoms with Gasteiger partial charge in [0.1, 0.15) is 17.3 Å². The summed E-state index contributed by atoms with van der Waals surface area (Å²) in [4.78, 5) is 27.9. The van der Waals surface area contributed by atoms with E-state index < -0.39 is 17.7 Å². The Morgan fingerprint density at radius 3 is 2.36 bits per heavy atom. The van der Waals surface area contributed by atoms with Gasteiger partial charge in [-0.3, -0.25) is 14.5 Å². The number of Topliss-reactive ketones (excluding diaryl/α,β-unsaturated/α-hetero) is 1. The molecule has 0 aliphatic carbocycles. The summed E-state index contributed by atoms with van der Waals surface area (Å²) in [5.74, 6) is -1.51. The quantitative estimate of drug-likeness (QED) is 0.338. The van der Waals surface area contributed by atoms with Crippen molar-refractivity contribution in [2.75, 3.05) is 12.0 Å². The van der Waals surface area contributed by atoms with Crippen LogP contribution in [0.15, 0.2) is 66.2 Å². The third kappa shape index (κ3) is 3.84. The van der Waals surface area contributed by atoms with Crippen molar-refractivity contribution in [3.05, 3.63) is 94.1 Å². The number of amides is 1. The maximum Gasteiger partial charge on any atom is 0.300 e. The molecule has 3 aromatic carbocycles. The monoisotopic (exact) mass is 443 g/mol. The fourth-order valence-electron chi connectivity index (χ4n) is 4.14. The van der Waals surface area contributed by atoms with Crippen LogP contribution in [-0.2, 0) is 9.59 Å². The molecule has 0 radical (unpaired) electrons. The lowest BCUT2D eigenvalue weighted by Crippen LogP contribution is -2.29. The number of aryl methyl sites for hydroxylation is 3. The standard InChI is InChI=1S/C27H25NO5/c1-15-8-11-22(33-4)21(12-15)25(30)23-24(18-6-5-7-20(29)14-18)28(27(32)26(23)31)19-10-9-16(2)17(3)13-19/h5-14,24,29-30H,1-4H3/b25-23+. The number of carbonyl (C=O) groups is 2. The number of anilines is 1. The molecule has 1 amide bonds. The average molecular weight is 443 g/mol. The molecule has 4 rings (SSSR count). The van der Waals surface area contributed by atoms with Crippen molar-refractivity contribution in [2.45, 2.75) is 26.8 Å². The number of rotatable bonds is 4. The summed E-state index contributed by atoms with van der Waals surface area (Å²) in [6.45, 7) is 5.75. The van der Waals surface area contributed by atoms with E-state index in [4.69, 9.17) is 4.74 Å². The maximum absolute atomic E-state index is 13.3. The molecule has 168 valence electrons. The van der Waals surface area contributed by atoms with E-state index in [9.17, 15) is 19.8 Å². The normalized spacial score (nSPS) is 17.5. The van der Waals surface area contributed by atoms with Crippen LogP contribution in [0.1, 0.15) is 33.9 Å². The van der Waals surface area contributed by atoms with Gasteiger partial charge in [0, 0.05) is 5.69 Å². The Morgan fingerprint density at radius 2 is 1.70 bits per heavy atom. The second-order valence-corrected chi connectivity index (χ2v) is 8.24. The number of ketones is 1. The highest BCUT2D eigenvalue weighted by Gasteiger charge is 2.47. The fourth-order valence-corrected chi connectivity index (χ4v) is 4.14. The summed E-state index contributed by atoms with van der Waals surface area (Å²) in [7, 11) is 1.47. The highest BCUT2D eigenvalue weighted by molar-refractivity contribution is 6.51. The molecule has 1 aliphatic heterocycles. The summed E-state index contributed by atoms with van der Waals surface area (Å²) >= 11 is 0. The first kappa shape index (κ1) is 22.1. The Kier molecular flexibility index (Phi) is 5.68. The summed E-state index contributed by atoms with van der Waals surface area (Å²) in [5.41, 5.74) is 4.16. The molecule has 1 aliphatic rings. The minimum absolute atomic E-state index is 0.00805. The van der Waals surface area contributed by atoms with Crippen molar-refractivity contribution in [1.29, 1.82) is 0 Å². The molecule has 3 aromatic rings. The number of ether oxygens (including phenoxy) is 1. The Bertz CT molecular complexity index is 1310. The van der Waals surface area contributed by atoms with Crippen LogP contribution < -0.4 is 9.64 Å². The predicted molar refractivity (Wildman–Crippen MR) is 127 cm³/mol. The van der Waals surface area contributed by atoms with Gasteiger partial charge in [-0.15, -0.1) is 0 Å². The van der Waals surface area contributed by atoms with Crippen LogP contribution in [0.5, 0.6) is 11.5 Å². The zero-order chi connectivity index (χ0) is 23.9. The molecule has 0 aromatic heterocycles. The molecule has 1 fully saturated rings. The Morgan fingerprint density at radius 1 is 0.939 bits per heavy atom. The lowest BCUT2D eigenvalue weighted by molar-refractivity contribution is -0.132. The van der Waals surface area contributed by atoms with Gasteiger partial charge in [-0.2, -0.15) is 0 Å². The number of phenols is 1. The van der Waals surface area contributed by atoms with Crippen molar-refractivity contribution in [3.8, 4) is 11.5 Å². The highest BCUT2D eigenvalue weighted by Crippen LogP contribution is 2.44. The van der Waals surface area contributed by atoms with E-state index in [2.05, 4.69) is 0 Å². The lowest BCUT2D eigenvalue weighted by Gasteiger charge is -2.26. The van der Waals surface area contributed by atoms with Crippen LogP contribution in [0.4, 0.5) is 5.69 Å². The number of methoxy groups -OCH3 is 1. The van der Waals surface area contributed by atoms with Crippen molar-refractivity contribution >= 4 is 23.1 Å². The number of carbonyl (C=O) groups excluding carboxylic acids is 2. The number of nitrogens with zero attached hydrogens (tertiary/aromatic N) is 1. The Labute approximate surface area is 192 Å². The highest BCUT2D eigenvalue weighted by atomic mass is 16.5. The zero-order valence-corrected chi connectivity index (χ0v) is 18.9. The maximum atomic E-state index is 13.3. The van der Waals surface area contributed by atoms with Gasteiger partial charge < -0.3 is 14.9 Å². The largest absolute Gasteiger partial charge is 0.508 e. The first-order valence-corrected chi connectivity index (χ1v) is 10.5. The van der Waals surface area contributed by atoms with Crippen LogP contribution in [-0.4, -0.2) is 29.0 Å². The molecule has 0 bridgehead atoms. The molecular formula is C27H25NO5. The Hall–Kier alpha value is -4.06. The summed E-state index contributed by atoms with van der Waals surface area (Å²) < 4.78 is 5.40. The number of hydrogen-bond acceptors (Lipinski definition) is 5. The Balaban J connectivity index is 2.00. The lowest BCUT2D eigenvalue weighted by atomic mass is 9.94. The molecule has 2 N–H and O–H groups in total. The molecule has 1 saturated heterocycles. The first-order chi connectivity index (χ1) is 15.7. The van der Waals surface area contributed by atoms with Gasteiger partial charge >= 0.3 is 0 Å². The molecular weight excluding hydrogens is 418 g/mol. The second-order valence-electron chi connectivity index (χ2n) is 8.24. The molecule has 1 atom stereocenters. The summed E-state index contributed by atoms with van der Waals surface area (Å²) in [6.07, 6.45) is 0. The number of aromatic hydroxyl groups is 1. The molecule has 6 heteroatoms. The van der Waals surface area contributed by atoms with Gasteiger partial charge in [0.2, 0.25) is 0 Å². The van der Waals surface area contributed by atoms with E-state index in [-0.39, 0.29) is 17.1 Å². The molecule has 1 heterocycles. The van der Waals surface area contributed by atoms with Gasteiger partial charge in [-0.05, 0) is 73.9 Å². The minimum atomic E-state index is -0.926. The molecule has 1 unspecified atom stereocenters. The van der Waals surface area contributed by atoms with E-state index in [1.165, 1.54) is 24.1 Å². The van der Waals surface area contributed by atoms with Crippen LogP contribution >= 0.6 is 0 Å². The van der Waals surface area contributed by atoms with E-state index in [0.717, 1.165) is 16.7 Å².